The number of halogens is 2. The number of benzene rings is 1. The van der Waals surface area contributed by atoms with Gasteiger partial charge in [-0.05, 0) is 30.7 Å². The molecule has 21 heavy (non-hydrogen) atoms. The van der Waals surface area contributed by atoms with Gasteiger partial charge in [0.25, 0.3) is 0 Å². The molecule has 3 rings (SSSR count). The van der Waals surface area contributed by atoms with E-state index in [0.717, 1.165) is 25.3 Å². The van der Waals surface area contributed by atoms with Crippen molar-refractivity contribution in [3.05, 3.63) is 35.4 Å². The summed E-state index contributed by atoms with van der Waals surface area (Å²) in [5, 5.41) is 0. The van der Waals surface area contributed by atoms with Gasteiger partial charge in [-0.2, -0.15) is 0 Å². The molecule has 1 aromatic carbocycles. The summed E-state index contributed by atoms with van der Waals surface area (Å²) in [6, 6.07) is 3.90. The van der Waals surface area contributed by atoms with Crippen LogP contribution in [0.5, 0.6) is 0 Å². The average Bonchev–Trinajstić information content (AvgIpc) is 2.48. The summed E-state index contributed by atoms with van der Waals surface area (Å²) >= 11 is 0. The van der Waals surface area contributed by atoms with Crippen molar-refractivity contribution in [2.45, 2.75) is 63.3 Å². The molecule has 3 heteroatoms. The Labute approximate surface area is 125 Å². The molecule has 0 radical (unpaired) electrons. The van der Waals surface area contributed by atoms with Gasteiger partial charge in [-0.3, -0.25) is 0 Å². The number of hydrogen-bond acceptors (Lipinski definition) is 1. The molecule has 2 unspecified atom stereocenters. The number of hydrogen-bond donors (Lipinski definition) is 1. The minimum absolute atomic E-state index is 0.339. The summed E-state index contributed by atoms with van der Waals surface area (Å²) < 4.78 is 27.5. The second kappa shape index (κ2) is 6.04. The molecule has 2 aliphatic carbocycles. The van der Waals surface area contributed by atoms with Crippen LogP contribution < -0.4 is 5.73 Å². The van der Waals surface area contributed by atoms with Gasteiger partial charge in [-0.15, -0.1) is 0 Å². The molecule has 0 spiro atoms. The molecule has 2 atom stereocenters. The van der Waals surface area contributed by atoms with E-state index in [1.165, 1.54) is 44.6 Å². The Balaban J connectivity index is 1.94. The van der Waals surface area contributed by atoms with E-state index in [0.29, 0.717) is 17.4 Å². The lowest BCUT2D eigenvalue weighted by Crippen LogP contribution is -2.50. The van der Waals surface area contributed by atoms with Gasteiger partial charge < -0.3 is 5.73 Å². The van der Waals surface area contributed by atoms with Crippen molar-refractivity contribution < 1.29 is 8.78 Å². The van der Waals surface area contributed by atoms with E-state index < -0.39 is 17.2 Å². The molecule has 1 nitrogen and oxygen atoms in total. The highest BCUT2D eigenvalue weighted by Gasteiger charge is 2.44. The van der Waals surface area contributed by atoms with Gasteiger partial charge in [0.05, 0.1) is 0 Å². The number of rotatable bonds is 2. The Kier molecular flexibility index (Phi) is 4.30. The van der Waals surface area contributed by atoms with E-state index in [1.54, 1.807) is 6.07 Å². The minimum Gasteiger partial charge on any atom is -0.321 e. The molecule has 1 aromatic rings. The van der Waals surface area contributed by atoms with Gasteiger partial charge >= 0.3 is 0 Å². The van der Waals surface area contributed by atoms with Crippen molar-refractivity contribution in [2.24, 2.45) is 17.6 Å². The van der Waals surface area contributed by atoms with Crippen LogP contribution in [0.3, 0.4) is 0 Å². The molecule has 0 amide bonds. The lowest BCUT2D eigenvalue weighted by molar-refractivity contribution is 0.0957. The van der Waals surface area contributed by atoms with Crippen molar-refractivity contribution in [2.75, 3.05) is 0 Å². The summed E-state index contributed by atoms with van der Waals surface area (Å²) in [6.45, 7) is 0. The van der Waals surface area contributed by atoms with Gasteiger partial charge in [-0.25, -0.2) is 8.78 Å². The Morgan fingerprint density at radius 3 is 2.38 bits per heavy atom. The molecule has 0 saturated heterocycles. The maximum absolute atomic E-state index is 14.3. The molecule has 2 saturated carbocycles. The van der Waals surface area contributed by atoms with Crippen LogP contribution in [0.2, 0.25) is 0 Å². The second-order valence-electron chi connectivity index (χ2n) is 6.91. The Bertz CT molecular complexity index is 496. The molecular formula is C18H25F2N. The topological polar surface area (TPSA) is 26.0 Å². The summed E-state index contributed by atoms with van der Waals surface area (Å²) in [6.07, 6.45) is 10.4. The molecule has 0 aromatic heterocycles. The van der Waals surface area contributed by atoms with Crippen LogP contribution in [-0.2, 0) is 5.54 Å². The van der Waals surface area contributed by atoms with Gasteiger partial charge in [0.1, 0.15) is 11.6 Å². The highest BCUT2D eigenvalue weighted by Crippen LogP contribution is 2.47. The van der Waals surface area contributed by atoms with E-state index in [2.05, 4.69) is 0 Å². The van der Waals surface area contributed by atoms with Gasteiger partial charge in [-0.1, -0.05) is 51.0 Å². The standard InChI is InChI=1S/C18H25F2N/c19-14-9-10-16(17(20)12-14)18(21)11-5-4-8-15(18)13-6-2-1-3-7-13/h9-10,12-13,15H,1-8,11,21H2. The molecule has 2 aliphatic rings. The largest absolute Gasteiger partial charge is 0.321 e. The predicted molar refractivity (Wildman–Crippen MR) is 80.8 cm³/mol. The predicted octanol–water partition coefficient (Wildman–Crippen LogP) is 4.89. The second-order valence-corrected chi connectivity index (χ2v) is 6.91. The summed E-state index contributed by atoms with van der Waals surface area (Å²) in [7, 11) is 0. The van der Waals surface area contributed by atoms with Crippen LogP contribution in [0.1, 0.15) is 63.4 Å². The number of nitrogens with two attached hydrogens (primary N) is 1. The highest BCUT2D eigenvalue weighted by atomic mass is 19.1. The van der Waals surface area contributed by atoms with Crippen molar-refractivity contribution in [1.29, 1.82) is 0 Å². The molecule has 0 aliphatic heterocycles. The fourth-order valence-electron chi connectivity index (χ4n) is 4.62. The van der Waals surface area contributed by atoms with Crippen LogP contribution >= 0.6 is 0 Å². The smallest absolute Gasteiger partial charge is 0.131 e. The molecule has 2 N–H and O–H groups in total. The first kappa shape index (κ1) is 15.0. The van der Waals surface area contributed by atoms with Gasteiger partial charge in [0.2, 0.25) is 0 Å². The summed E-state index contributed by atoms with van der Waals surface area (Å²) in [5.74, 6) is -0.0508. The third kappa shape index (κ3) is 2.85. The zero-order valence-corrected chi connectivity index (χ0v) is 12.6. The third-order valence-corrected chi connectivity index (χ3v) is 5.67. The van der Waals surface area contributed by atoms with Crippen molar-refractivity contribution in [3.63, 3.8) is 0 Å². The zero-order chi connectivity index (χ0) is 14.9. The zero-order valence-electron chi connectivity index (χ0n) is 12.6. The van der Waals surface area contributed by atoms with E-state index in [9.17, 15) is 8.78 Å². The fraction of sp³-hybridized carbons (Fsp3) is 0.667. The molecular weight excluding hydrogens is 268 g/mol. The molecule has 2 fully saturated rings. The van der Waals surface area contributed by atoms with Crippen LogP contribution in [-0.4, -0.2) is 0 Å². The third-order valence-electron chi connectivity index (χ3n) is 5.67. The van der Waals surface area contributed by atoms with Crippen molar-refractivity contribution >= 4 is 0 Å². The lowest BCUT2D eigenvalue weighted by Gasteiger charge is -2.46. The molecule has 0 bridgehead atoms. The van der Waals surface area contributed by atoms with E-state index >= 15 is 0 Å². The fourth-order valence-corrected chi connectivity index (χ4v) is 4.62. The van der Waals surface area contributed by atoms with Crippen molar-refractivity contribution in [3.8, 4) is 0 Å². The maximum Gasteiger partial charge on any atom is 0.131 e. The van der Waals surface area contributed by atoms with Crippen LogP contribution in [0.15, 0.2) is 18.2 Å². The van der Waals surface area contributed by atoms with Gasteiger partial charge in [0, 0.05) is 17.2 Å². The highest BCUT2D eigenvalue weighted by molar-refractivity contribution is 5.28. The normalized spacial score (nSPS) is 31.3. The maximum atomic E-state index is 14.3. The monoisotopic (exact) mass is 293 g/mol. The van der Waals surface area contributed by atoms with Gasteiger partial charge in [0.15, 0.2) is 0 Å². The molecule has 0 heterocycles. The Hall–Kier alpha value is -0.960. The first-order valence-electron chi connectivity index (χ1n) is 8.35. The Morgan fingerprint density at radius 1 is 0.952 bits per heavy atom. The first-order chi connectivity index (χ1) is 10.1. The SMILES string of the molecule is NC1(c2ccc(F)cc2F)CCCCC1C1CCCCC1. The lowest BCUT2D eigenvalue weighted by atomic mass is 9.62. The minimum atomic E-state index is -0.613. The van der Waals surface area contributed by atoms with Crippen LogP contribution in [0.25, 0.3) is 0 Å². The average molecular weight is 293 g/mol. The van der Waals surface area contributed by atoms with E-state index in [4.69, 9.17) is 5.73 Å². The summed E-state index contributed by atoms with van der Waals surface area (Å²) in [4.78, 5) is 0. The Morgan fingerprint density at radius 2 is 1.67 bits per heavy atom. The summed E-state index contributed by atoms with van der Waals surface area (Å²) in [5.41, 5.74) is 6.66. The van der Waals surface area contributed by atoms with Crippen LogP contribution in [0.4, 0.5) is 8.78 Å². The van der Waals surface area contributed by atoms with Crippen LogP contribution in [0, 0.1) is 23.5 Å². The van der Waals surface area contributed by atoms with E-state index in [-0.39, 0.29) is 0 Å². The van der Waals surface area contributed by atoms with Crippen molar-refractivity contribution in [1.82, 2.24) is 0 Å². The molecule has 116 valence electrons. The quantitative estimate of drug-likeness (QED) is 0.825. The first-order valence-corrected chi connectivity index (χ1v) is 8.35. The van der Waals surface area contributed by atoms with E-state index in [1.807, 2.05) is 0 Å².